The fourth-order valence-corrected chi connectivity index (χ4v) is 1.88. The normalized spacial score (nSPS) is 12.0. The first-order valence-electron chi connectivity index (χ1n) is 5.72. The molecule has 1 N–H and O–H groups in total. The Morgan fingerprint density at radius 1 is 1.33 bits per heavy atom. The summed E-state index contributed by atoms with van der Waals surface area (Å²) < 4.78 is 3.66. The fraction of sp³-hybridized carbons (Fsp3) is 0.250. The summed E-state index contributed by atoms with van der Waals surface area (Å²) in [6, 6.07) is 4.45. The molecular formula is C12H11N3O5S-2. The van der Waals surface area contributed by atoms with Gasteiger partial charge in [-0.3, -0.25) is 4.79 Å². The van der Waals surface area contributed by atoms with E-state index in [0.29, 0.717) is 0 Å². The zero-order valence-corrected chi connectivity index (χ0v) is 11.8. The van der Waals surface area contributed by atoms with E-state index in [1.165, 1.54) is 31.2 Å². The minimum absolute atomic E-state index is 0.0395. The van der Waals surface area contributed by atoms with Crippen LogP contribution in [0.3, 0.4) is 0 Å². The summed E-state index contributed by atoms with van der Waals surface area (Å²) in [5.41, 5.74) is 0.246. The first kappa shape index (κ1) is 16.6. The smallest absolute Gasteiger partial charge is 0.217 e. The van der Waals surface area contributed by atoms with Gasteiger partial charge in [0, 0.05) is 24.6 Å². The highest BCUT2D eigenvalue weighted by atomic mass is 32.2. The van der Waals surface area contributed by atoms with E-state index < -0.39 is 23.9 Å². The van der Waals surface area contributed by atoms with Gasteiger partial charge in [0.2, 0.25) is 5.91 Å². The highest BCUT2D eigenvalue weighted by molar-refractivity contribution is 7.97. The molecule has 0 saturated heterocycles. The van der Waals surface area contributed by atoms with Crippen molar-refractivity contribution in [3.63, 3.8) is 0 Å². The molecule has 112 valence electrons. The molecule has 0 bridgehead atoms. The van der Waals surface area contributed by atoms with Crippen molar-refractivity contribution in [2.75, 3.05) is 5.75 Å². The van der Waals surface area contributed by atoms with Gasteiger partial charge in [-0.25, -0.2) is 0 Å². The minimum atomic E-state index is -1.42. The number of aromatic carboxylic acids is 1. The molecule has 9 heteroatoms. The Kier molecular flexibility index (Phi) is 6.34. The van der Waals surface area contributed by atoms with Gasteiger partial charge in [-0.15, -0.1) is 9.63 Å². The standard InChI is InChI=1S/C12H13N3O5S/c1-7(16)13-10(12(19)20)6-21-15-14-9-4-2-3-8(5-9)11(17)18/h2-5,10H,6H2,1H3,(H,13,16)(H,17,18)(H,19,20)/p-2/t10-/m1/s1. The van der Waals surface area contributed by atoms with Gasteiger partial charge in [-0.05, 0) is 17.7 Å². The summed E-state index contributed by atoms with van der Waals surface area (Å²) in [5.74, 6) is -3.32. The number of nitrogens with one attached hydrogen (secondary N) is 1. The summed E-state index contributed by atoms with van der Waals surface area (Å²) in [5, 5.41) is 27.3. The molecule has 21 heavy (non-hydrogen) atoms. The first-order valence-corrected chi connectivity index (χ1v) is 6.66. The number of carbonyl (C=O) groups excluding carboxylic acids is 3. The maximum atomic E-state index is 10.8. The van der Waals surface area contributed by atoms with E-state index in [2.05, 4.69) is 15.0 Å². The number of carboxylic acids is 2. The second kappa shape index (κ2) is 8.00. The summed E-state index contributed by atoms with van der Waals surface area (Å²) in [4.78, 5) is 32.2. The molecule has 1 amide bonds. The van der Waals surface area contributed by atoms with Gasteiger partial charge in [0.05, 0.1) is 23.7 Å². The molecular weight excluding hydrogens is 298 g/mol. The predicted molar refractivity (Wildman–Crippen MR) is 70.4 cm³/mol. The number of amides is 1. The van der Waals surface area contributed by atoms with Gasteiger partial charge >= 0.3 is 0 Å². The van der Waals surface area contributed by atoms with Crippen LogP contribution in [-0.2, 0) is 9.59 Å². The predicted octanol–water partition coefficient (Wildman–Crippen LogP) is -0.963. The van der Waals surface area contributed by atoms with Crippen LogP contribution in [0.15, 0.2) is 33.9 Å². The Labute approximate surface area is 124 Å². The Balaban J connectivity index is 2.57. The van der Waals surface area contributed by atoms with E-state index in [1.54, 1.807) is 0 Å². The number of hydrogen-bond acceptors (Lipinski definition) is 8. The Morgan fingerprint density at radius 2 is 2.05 bits per heavy atom. The molecule has 0 spiro atoms. The SMILES string of the molecule is CC(=O)N[C@H](CSN=Nc1cccc(C(=O)[O-])c1)C(=O)[O-]. The quantitative estimate of drug-likeness (QED) is 0.509. The van der Waals surface area contributed by atoms with E-state index in [1.807, 2.05) is 0 Å². The Morgan fingerprint density at radius 3 is 2.62 bits per heavy atom. The summed E-state index contributed by atoms with van der Waals surface area (Å²) >= 11 is 0.800. The van der Waals surface area contributed by atoms with Crippen LogP contribution >= 0.6 is 11.9 Å². The van der Waals surface area contributed by atoms with Crippen LogP contribution in [0.5, 0.6) is 0 Å². The fourth-order valence-electron chi connectivity index (χ4n) is 1.29. The van der Waals surface area contributed by atoms with Gasteiger partial charge in [-0.2, -0.15) is 0 Å². The second-order valence-corrected chi connectivity index (χ2v) is 4.64. The average molecular weight is 309 g/mol. The molecule has 1 aromatic rings. The average Bonchev–Trinajstić information content (AvgIpc) is 2.41. The lowest BCUT2D eigenvalue weighted by Crippen LogP contribution is -2.48. The number of benzene rings is 1. The number of carbonyl (C=O) groups is 3. The lowest BCUT2D eigenvalue weighted by Gasteiger charge is -2.16. The third kappa shape index (κ3) is 6.04. The number of nitrogens with zero attached hydrogens (tertiary/aromatic N) is 2. The molecule has 0 heterocycles. The van der Waals surface area contributed by atoms with Crippen LogP contribution in [-0.4, -0.2) is 29.6 Å². The zero-order valence-electron chi connectivity index (χ0n) is 10.9. The highest BCUT2D eigenvalue weighted by Gasteiger charge is 2.10. The Bertz CT molecular complexity index is 576. The lowest BCUT2D eigenvalue weighted by atomic mass is 10.2. The van der Waals surface area contributed by atoms with Crippen molar-refractivity contribution >= 4 is 35.5 Å². The molecule has 1 rings (SSSR count). The number of aliphatic carboxylic acids is 1. The maximum Gasteiger partial charge on any atom is 0.217 e. The second-order valence-electron chi connectivity index (χ2n) is 3.89. The molecule has 8 nitrogen and oxygen atoms in total. The highest BCUT2D eigenvalue weighted by Crippen LogP contribution is 2.17. The first-order chi connectivity index (χ1) is 9.90. The number of carboxylic acid groups (broad SMARTS) is 2. The van der Waals surface area contributed by atoms with Crippen LogP contribution in [0, 0.1) is 0 Å². The van der Waals surface area contributed by atoms with E-state index in [4.69, 9.17) is 0 Å². The molecule has 0 aromatic heterocycles. The molecule has 0 aliphatic carbocycles. The maximum absolute atomic E-state index is 10.8. The monoisotopic (exact) mass is 309 g/mol. The molecule has 0 radical (unpaired) electrons. The molecule has 0 unspecified atom stereocenters. The van der Waals surface area contributed by atoms with E-state index in [0.717, 1.165) is 11.9 Å². The molecule has 0 fully saturated rings. The number of hydrogen-bond donors (Lipinski definition) is 1. The van der Waals surface area contributed by atoms with Gasteiger partial charge in [-0.1, -0.05) is 12.1 Å². The van der Waals surface area contributed by atoms with Crippen LogP contribution in [0.2, 0.25) is 0 Å². The van der Waals surface area contributed by atoms with Crippen LogP contribution in [0.25, 0.3) is 0 Å². The Hall–Kier alpha value is -2.42. The van der Waals surface area contributed by atoms with Crippen LogP contribution in [0.4, 0.5) is 5.69 Å². The van der Waals surface area contributed by atoms with Gasteiger partial charge in [0.1, 0.15) is 0 Å². The topological polar surface area (TPSA) is 134 Å². The molecule has 1 aromatic carbocycles. The van der Waals surface area contributed by atoms with Crippen molar-refractivity contribution in [1.82, 2.24) is 5.32 Å². The molecule has 1 atom stereocenters. The third-order valence-corrected chi connectivity index (χ3v) is 2.88. The largest absolute Gasteiger partial charge is 0.548 e. The van der Waals surface area contributed by atoms with E-state index in [-0.39, 0.29) is 17.0 Å². The molecule has 0 saturated carbocycles. The lowest BCUT2D eigenvalue weighted by molar-refractivity contribution is -0.307. The third-order valence-electron chi connectivity index (χ3n) is 2.20. The van der Waals surface area contributed by atoms with Crippen LogP contribution in [0.1, 0.15) is 17.3 Å². The van der Waals surface area contributed by atoms with Crippen molar-refractivity contribution in [3.8, 4) is 0 Å². The van der Waals surface area contributed by atoms with Crippen molar-refractivity contribution in [2.45, 2.75) is 13.0 Å². The van der Waals surface area contributed by atoms with Crippen molar-refractivity contribution in [3.05, 3.63) is 29.8 Å². The molecule has 0 aliphatic rings. The van der Waals surface area contributed by atoms with Gasteiger partial charge in [0.25, 0.3) is 0 Å². The van der Waals surface area contributed by atoms with E-state index in [9.17, 15) is 24.6 Å². The van der Waals surface area contributed by atoms with Crippen molar-refractivity contribution in [2.24, 2.45) is 9.63 Å². The molecule has 0 aliphatic heterocycles. The number of rotatable bonds is 7. The summed E-state index contributed by atoms with van der Waals surface area (Å²) in [7, 11) is 0. The van der Waals surface area contributed by atoms with Crippen molar-refractivity contribution < 1.29 is 24.6 Å². The van der Waals surface area contributed by atoms with Crippen molar-refractivity contribution in [1.29, 1.82) is 0 Å². The van der Waals surface area contributed by atoms with Gasteiger partial charge < -0.3 is 25.1 Å². The minimum Gasteiger partial charge on any atom is -0.548 e. The summed E-state index contributed by atoms with van der Waals surface area (Å²) in [6.07, 6.45) is 0. The zero-order chi connectivity index (χ0) is 15.8. The van der Waals surface area contributed by atoms with Crippen LogP contribution < -0.4 is 15.5 Å². The van der Waals surface area contributed by atoms with E-state index >= 15 is 0 Å². The summed E-state index contributed by atoms with van der Waals surface area (Å²) in [6.45, 7) is 1.19. The van der Waals surface area contributed by atoms with Gasteiger partial charge in [0.15, 0.2) is 0 Å².